The summed E-state index contributed by atoms with van der Waals surface area (Å²) in [5.41, 5.74) is 6.52. The van der Waals surface area contributed by atoms with E-state index >= 15 is 0 Å². The molecule has 1 aliphatic carbocycles. The first-order chi connectivity index (χ1) is 11.1. The van der Waals surface area contributed by atoms with Crippen molar-refractivity contribution < 1.29 is 4.79 Å². The molecule has 2 aliphatic rings. The quantitative estimate of drug-likeness (QED) is 0.872. The Labute approximate surface area is 145 Å². The van der Waals surface area contributed by atoms with Crippen molar-refractivity contribution >= 4 is 24.0 Å². The molecule has 0 bridgehead atoms. The highest BCUT2D eigenvalue weighted by Gasteiger charge is 2.42. The lowest BCUT2D eigenvalue weighted by Crippen LogP contribution is -2.34. The van der Waals surface area contributed by atoms with Crippen molar-refractivity contribution in [3.63, 3.8) is 0 Å². The van der Waals surface area contributed by atoms with Crippen molar-refractivity contribution in [1.82, 2.24) is 19.1 Å². The van der Waals surface area contributed by atoms with Gasteiger partial charge < -0.3 is 10.6 Å². The third kappa shape index (κ3) is 2.82. The lowest BCUT2D eigenvalue weighted by Gasteiger charge is -2.18. The second-order valence-electron chi connectivity index (χ2n) is 6.65. The molecule has 8 heteroatoms. The van der Waals surface area contributed by atoms with E-state index in [-0.39, 0.29) is 30.0 Å². The molecule has 3 unspecified atom stereocenters. The number of likely N-dealkylation sites (tertiary alicyclic amines) is 1. The minimum atomic E-state index is -0.200. The highest BCUT2D eigenvalue weighted by Crippen LogP contribution is 2.37. The Kier molecular flexibility index (Phi) is 4.64. The minimum Gasteiger partial charge on any atom is -0.342 e. The molecule has 0 aromatic carbocycles. The van der Waals surface area contributed by atoms with Gasteiger partial charge in [-0.1, -0.05) is 6.07 Å². The van der Waals surface area contributed by atoms with Gasteiger partial charge in [0.15, 0.2) is 5.65 Å². The van der Waals surface area contributed by atoms with Crippen molar-refractivity contribution in [3.05, 3.63) is 34.9 Å². The number of carbonyl (C=O) groups excluding carboxylic acids is 1. The summed E-state index contributed by atoms with van der Waals surface area (Å²) in [5.74, 6) is 1.11. The first-order valence-corrected chi connectivity index (χ1v) is 8.21. The van der Waals surface area contributed by atoms with Crippen LogP contribution in [-0.2, 0) is 11.3 Å². The summed E-state index contributed by atoms with van der Waals surface area (Å²) in [6.07, 6.45) is 4.19. The second-order valence-corrected chi connectivity index (χ2v) is 6.65. The smallest absolute Gasteiger partial charge is 0.342 e. The highest BCUT2D eigenvalue weighted by atomic mass is 35.5. The Hall–Kier alpha value is -1.86. The van der Waals surface area contributed by atoms with Crippen LogP contribution in [0, 0.1) is 11.8 Å². The molecular weight excluding hydrogens is 330 g/mol. The Balaban J connectivity index is 0.00000169. The van der Waals surface area contributed by atoms with Crippen LogP contribution < -0.4 is 11.4 Å². The van der Waals surface area contributed by atoms with Gasteiger partial charge in [-0.05, 0) is 36.8 Å². The molecule has 3 atom stereocenters. The molecule has 0 spiro atoms. The highest BCUT2D eigenvalue weighted by molar-refractivity contribution is 5.85. The average molecular weight is 352 g/mol. The zero-order valence-electron chi connectivity index (χ0n) is 13.4. The molecule has 0 radical (unpaired) electrons. The van der Waals surface area contributed by atoms with E-state index in [0.29, 0.717) is 30.4 Å². The maximum Gasteiger partial charge on any atom is 0.350 e. The molecule has 7 nitrogen and oxygen atoms in total. The number of nitrogens with two attached hydrogens (primary N) is 1. The van der Waals surface area contributed by atoms with Gasteiger partial charge in [-0.15, -0.1) is 17.5 Å². The standard InChI is InChI=1S/C16H21N5O2.ClH/c17-13-5-4-11-9-19(10-12(11)13)15(22)6-8-21-16(23)20-7-2-1-3-14(20)18-21;/h1-3,7,11-13H,4-6,8-10,17H2;1H. The Morgan fingerprint density at radius 1 is 1.29 bits per heavy atom. The Morgan fingerprint density at radius 3 is 2.88 bits per heavy atom. The molecule has 1 aliphatic heterocycles. The number of hydrogen-bond donors (Lipinski definition) is 1. The number of hydrogen-bond acceptors (Lipinski definition) is 4. The van der Waals surface area contributed by atoms with Crippen LogP contribution in [0.2, 0.25) is 0 Å². The molecule has 1 amide bonds. The second kappa shape index (κ2) is 6.57. The van der Waals surface area contributed by atoms with E-state index in [1.54, 1.807) is 18.3 Å². The predicted molar refractivity (Wildman–Crippen MR) is 92.1 cm³/mol. The van der Waals surface area contributed by atoms with Crippen LogP contribution in [0.1, 0.15) is 19.3 Å². The molecule has 2 fully saturated rings. The molecule has 4 rings (SSSR count). The van der Waals surface area contributed by atoms with Crippen LogP contribution in [0.15, 0.2) is 29.2 Å². The fourth-order valence-corrected chi connectivity index (χ4v) is 3.98. The maximum atomic E-state index is 12.4. The number of pyridine rings is 1. The van der Waals surface area contributed by atoms with E-state index in [1.807, 2.05) is 11.0 Å². The van der Waals surface area contributed by atoms with Gasteiger partial charge in [0.2, 0.25) is 5.91 Å². The van der Waals surface area contributed by atoms with Crippen molar-refractivity contribution in [2.75, 3.05) is 13.1 Å². The summed E-state index contributed by atoms with van der Waals surface area (Å²) in [4.78, 5) is 26.5. The van der Waals surface area contributed by atoms with Gasteiger partial charge in [0, 0.05) is 31.7 Å². The lowest BCUT2D eigenvalue weighted by molar-refractivity contribution is -0.130. The zero-order valence-corrected chi connectivity index (χ0v) is 14.2. The fourth-order valence-electron chi connectivity index (χ4n) is 3.98. The van der Waals surface area contributed by atoms with Gasteiger partial charge in [-0.3, -0.25) is 9.20 Å². The monoisotopic (exact) mass is 351 g/mol. The topological polar surface area (TPSA) is 85.6 Å². The largest absolute Gasteiger partial charge is 0.350 e. The normalized spacial score (nSPS) is 25.7. The summed E-state index contributed by atoms with van der Waals surface area (Å²) in [7, 11) is 0. The van der Waals surface area contributed by atoms with Crippen LogP contribution in [0.4, 0.5) is 0 Å². The molecule has 3 heterocycles. The number of rotatable bonds is 3. The number of carbonyl (C=O) groups is 1. The van der Waals surface area contributed by atoms with Crippen LogP contribution in [-0.4, -0.2) is 44.1 Å². The SMILES string of the molecule is Cl.NC1CCC2CN(C(=O)CCn3nc4ccccn4c3=O)CC12. The number of amides is 1. The van der Waals surface area contributed by atoms with Crippen LogP contribution in [0.3, 0.4) is 0 Å². The maximum absolute atomic E-state index is 12.4. The van der Waals surface area contributed by atoms with E-state index in [1.165, 1.54) is 9.08 Å². The summed E-state index contributed by atoms with van der Waals surface area (Å²) in [6.45, 7) is 1.90. The number of aromatic nitrogens is 3. The summed E-state index contributed by atoms with van der Waals surface area (Å²) >= 11 is 0. The van der Waals surface area contributed by atoms with Crippen molar-refractivity contribution in [3.8, 4) is 0 Å². The van der Waals surface area contributed by atoms with Crippen LogP contribution in [0.5, 0.6) is 0 Å². The van der Waals surface area contributed by atoms with Gasteiger partial charge in [0.05, 0.1) is 6.54 Å². The van der Waals surface area contributed by atoms with E-state index < -0.39 is 0 Å². The molecule has 1 saturated carbocycles. The van der Waals surface area contributed by atoms with Crippen LogP contribution in [0.25, 0.3) is 5.65 Å². The number of fused-ring (bicyclic) bond motifs is 2. The van der Waals surface area contributed by atoms with Gasteiger partial charge in [-0.2, -0.15) is 0 Å². The first-order valence-electron chi connectivity index (χ1n) is 8.21. The van der Waals surface area contributed by atoms with E-state index in [2.05, 4.69) is 5.10 Å². The summed E-state index contributed by atoms with van der Waals surface area (Å²) < 4.78 is 2.86. The number of nitrogens with zero attached hydrogens (tertiary/aromatic N) is 4. The molecule has 130 valence electrons. The zero-order chi connectivity index (χ0) is 16.0. The third-order valence-corrected chi connectivity index (χ3v) is 5.29. The molecule has 1 saturated heterocycles. The van der Waals surface area contributed by atoms with Gasteiger partial charge in [0.1, 0.15) is 0 Å². The Bertz CT molecular complexity index is 801. The molecule has 24 heavy (non-hydrogen) atoms. The Morgan fingerprint density at radius 2 is 2.12 bits per heavy atom. The van der Waals surface area contributed by atoms with E-state index in [0.717, 1.165) is 25.9 Å². The fraction of sp³-hybridized carbons (Fsp3) is 0.562. The summed E-state index contributed by atoms with van der Waals surface area (Å²) in [6, 6.07) is 5.64. The van der Waals surface area contributed by atoms with Crippen molar-refractivity contribution in [2.24, 2.45) is 17.6 Å². The van der Waals surface area contributed by atoms with E-state index in [4.69, 9.17) is 5.73 Å². The summed E-state index contributed by atoms with van der Waals surface area (Å²) in [5, 5.41) is 4.26. The first kappa shape index (κ1) is 17.0. The molecular formula is C16H22ClN5O2. The molecule has 2 aromatic heterocycles. The van der Waals surface area contributed by atoms with Crippen LogP contribution >= 0.6 is 12.4 Å². The van der Waals surface area contributed by atoms with Crippen molar-refractivity contribution in [2.45, 2.75) is 31.8 Å². The average Bonchev–Trinajstić information content (AvgIpc) is 3.21. The van der Waals surface area contributed by atoms with Crippen molar-refractivity contribution in [1.29, 1.82) is 0 Å². The third-order valence-electron chi connectivity index (χ3n) is 5.29. The molecule has 2 aromatic rings. The van der Waals surface area contributed by atoms with E-state index in [9.17, 15) is 9.59 Å². The van der Waals surface area contributed by atoms with Gasteiger partial charge in [0.25, 0.3) is 0 Å². The number of aryl methyl sites for hydroxylation is 1. The minimum absolute atomic E-state index is 0. The molecule has 2 N–H and O–H groups in total. The predicted octanol–water partition coefficient (Wildman–Crippen LogP) is 0.504. The van der Waals surface area contributed by atoms with Gasteiger partial charge >= 0.3 is 5.69 Å². The lowest BCUT2D eigenvalue weighted by atomic mass is 9.98. The van der Waals surface area contributed by atoms with Gasteiger partial charge in [-0.25, -0.2) is 9.48 Å². The number of halogens is 1.